The van der Waals surface area contributed by atoms with Gasteiger partial charge in [0.1, 0.15) is 0 Å². The van der Waals surface area contributed by atoms with Gasteiger partial charge in [-0.05, 0) is 30.5 Å². The molecule has 0 radical (unpaired) electrons. The number of hydrogen-bond donors (Lipinski definition) is 1. The Morgan fingerprint density at radius 1 is 1.47 bits per heavy atom. The van der Waals surface area contributed by atoms with Crippen LogP contribution in [0.5, 0.6) is 0 Å². The fourth-order valence-electron chi connectivity index (χ4n) is 2.10. The van der Waals surface area contributed by atoms with Crippen molar-refractivity contribution >= 4 is 23.0 Å². The van der Waals surface area contributed by atoms with Crippen LogP contribution in [0.4, 0.5) is 11.4 Å². The van der Waals surface area contributed by atoms with E-state index in [-0.39, 0.29) is 0 Å². The fraction of sp³-hybridized carbons (Fsp3) is 0.500. The van der Waals surface area contributed by atoms with Crippen LogP contribution in [-0.4, -0.2) is 13.1 Å². The summed E-state index contributed by atoms with van der Waals surface area (Å²) in [4.78, 5) is 2.35. The SMILES string of the molecule is CCCC1CN(c2ccc(Cl)c(N)c2)C1. The van der Waals surface area contributed by atoms with Crippen molar-refractivity contribution in [1.82, 2.24) is 0 Å². The molecule has 82 valence electrons. The van der Waals surface area contributed by atoms with Crippen LogP contribution in [0.3, 0.4) is 0 Å². The molecular formula is C12H17ClN2. The van der Waals surface area contributed by atoms with Crippen LogP contribution in [0.2, 0.25) is 5.02 Å². The van der Waals surface area contributed by atoms with Gasteiger partial charge in [0.25, 0.3) is 0 Å². The molecule has 1 fully saturated rings. The van der Waals surface area contributed by atoms with Crippen LogP contribution >= 0.6 is 11.6 Å². The highest BCUT2D eigenvalue weighted by molar-refractivity contribution is 6.33. The Hall–Kier alpha value is -0.890. The first-order chi connectivity index (χ1) is 7.20. The molecular weight excluding hydrogens is 208 g/mol. The smallest absolute Gasteiger partial charge is 0.0636 e. The standard InChI is InChI=1S/C12H17ClN2/c1-2-3-9-7-15(8-9)10-4-5-11(13)12(14)6-10/h4-6,9H,2-3,7-8,14H2,1H3. The number of anilines is 2. The summed E-state index contributed by atoms with van der Waals surface area (Å²) >= 11 is 5.88. The third kappa shape index (κ3) is 2.20. The molecule has 15 heavy (non-hydrogen) atoms. The van der Waals surface area contributed by atoms with E-state index in [1.54, 1.807) is 0 Å². The molecule has 0 amide bonds. The minimum Gasteiger partial charge on any atom is -0.397 e. The van der Waals surface area contributed by atoms with E-state index in [2.05, 4.69) is 11.8 Å². The molecule has 2 N–H and O–H groups in total. The molecule has 0 atom stereocenters. The van der Waals surface area contributed by atoms with Crippen molar-refractivity contribution in [1.29, 1.82) is 0 Å². The Morgan fingerprint density at radius 2 is 2.20 bits per heavy atom. The summed E-state index contributed by atoms with van der Waals surface area (Å²) in [5.41, 5.74) is 7.64. The summed E-state index contributed by atoms with van der Waals surface area (Å²) in [5, 5.41) is 0.643. The minimum absolute atomic E-state index is 0.643. The maximum Gasteiger partial charge on any atom is 0.0636 e. The molecule has 2 nitrogen and oxygen atoms in total. The van der Waals surface area contributed by atoms with Crippen LogP contribution in [0.25, 0.3) is 0 Å². The second-order valence-electron chi connectivity index (χ2n) is 4.27. The number of nitrogen functional groups attached to an aromatic ring is 1. The zero-order valence-corrected chi connectivity index (χ0v) is 9.80. The van der Waals surface area contributed by atoms with E-state index < -0.39 is 0 Å². The lowest BCUT2D eigenvalue weighted by molar-refractivity contribution is 0.381. The van der Waals surface area contributed by atoms with E-state index in [1.807, 2.05) is 18.2 Å². The van der Waals surface area contributed by atoms with E-state index in [4.69, 9.17) is 17.3 Å². The first kappa shape index (κ1) is 10.6. The molecule has 0 aromatic heterocycles. The molecule has 0 unspecified atom stereocenters. The highest BCUT2D eigenvalue weighted by atomic mass is 35.5. The van der Waals surface area contributed by atoms with Gasteiger partial charge in [0, 0.05) is 18.8 Å². The largest absolute Gasteiger partial charge is 0.397 e. The Morgan fingerprint density at radius 3 is 2.80 bits per heavy atom. The van der Waals surface area contributed by atoms with Gasteiger partial charge < -0.3 is 10.6 Å². The van der Waals surface area contributed by atoms with Crippen LogP contribution in [0.15, 0.2) is 18.2 Å². The first-order valence-electron chi connectivity index (χ1n) is 5.50. The molecule has 3 heteroatoms. The predicted octanol–water partition coefficient (Wildman–Crippen LogP) is 3.16. The van der Waals surface area contributed by atoms with Gasteiger partial charge in [-0.2, -0.15) is 0 Å². The molecule has 1 saturated heterocycles. The van der Waals surface area contributed by atoms with Crippen LogP contribution < -0.4 is 10.6 Å². The molecule has 1 aromatic carbocycles. The zero-order chi connectivity index (χ0) is 10.8. The lowest BCUT2D eigenvalue weighted by Gasteiger charge is -2.41. The normalized spacial score (nSPS) is 16.5. The van der Waals surface area contributed by atoms with Crippen molar-refractivity contribution in [2.24, 2.45) is 5.92 Å². The summed E-state index contributed by atoms with van der Waals surface area (Å²) < 4.78 is 0. The number of halogens is 1. The summed E-state index contributed by atoms with van der Waals surface area (Å²) in [5.74, 6) is 0.868. The van der Waals surface area contributed by atoms with Crippen LogP contribution in [0.1, 0.15) is 19.8 Å². The van der Waals surface area contributed by atoms with Gasteiger partial charge in [0.15, 0.2) is 0 Å². The quantitative estimate of drug-likeness (QED) is 0.800. The first-order valence-corrected chi connectivity index (χ1v) is 5.88. The topological polar surface area (TPSA) is 29.3 Å². The highest BCUT2D eigenvalue weighted by Gasteiger charge is 2.25. The van der Waals surface area contributed by atoms with Gasteiger partial charge in [0.2, 0.25) is 0 Å². The van der Waals surface area contributed by atoms with Gasteiger partial charge in [-0.1, -0.05) is 24.9 Å². The highest BCUT2D eigenvalue weighted by Crippen LogP contribution is 2.30. The summed E-state index contributed by atoms with van der Waals surface area (Å²) in [6, 6.07) is 5.88. The molecule has 0 saturated carbocycles. The maximum absolute atomic E-state index is 5.88. The second kappa shape index (κ2) is 4.31. The van der Waals surface area contributed by atoms with Gasteiger partial charge in [0.05, 0.1) is 10.7 Å². The van der Waals surface area contributed by atoms with Crippen molar-refractivity contribution in [3.63, 3.8) is 0 Å². The number of nitrogens with zero attached hydrogens (tertiary/aromatic N) is 1. The number of benzene rings is 1. The van der Waals surface area contributed by atoms with E-state index in [1.165, 1.54) is 18.5 Å². The number of rotatable bonds is 3. The van der Waals surface area contributed by atoms with Crippen LogP contribution in [-0.2, 0) is 0 Å². The number of hydrogen-bond acceptors (Lipinski definition) is 2. The Balaban J connectivity index is 1.98. The average molecular weight is 225 g/mol. The van der Waals surface area contributed by atoms with Gasteiger partial charge >= 0.3 is 0 Å². The van der Waals surface area contributed by atoms with E-state index in [0.29, 0.717) is 10.7 Å². The molecule has 0 spiro atoms. The molecule has 1 aromatic rings. The zero-order valence-electron chi connectivity index (χ0n) is 9.04. The number of nitrogens with two attached hydrogens (primary N) is 1. The molecule has 2 rings (SSSR count). The lowest BCUT2D eigenvalue weighted by Crippen LogP contribution is -2.46. The third-order valence-electron chi connectivity index (χ3n) is 3.00. The molecule has 1 aliphatic rings. The van der Waals surface area contributed by atoms with Crippen molar-refractivity contribution in [2.45, 2.75) is 19.8 Å². The van der Waals surface area contributed by atoms with E-state index in [9.17, 15) is 0 Å². The minimum atomic E-state index is 0.643. The van der Waals surface area contributed by atoms with Crippen molar-refractivity contribution in [3.8, 4) is 0 Å². The van der Waals surface area contributed by atoms with Gasteiger partial charge in [-0.15, -0.1) is 0 Å². The van der Waals surface area contributed by atoms with Crippen LogP contribution in [0, 0.1) is 5.92 Å². The summed E-state index contributed by atoms with van der Waals surface area (Å²) in [7, 11) is 0. The van der Waals surface area contributed by atoms with Gasteiger partial charge in [-0.25, -0.2) is 0 Å². The monoisotopic (exact) mass is 224 g/mol. The van der Waals surface area contributed by atoms with Gasteiger partial charge in [-0.3, -0.25) is 0 Å². The van der Waals surface area contributed by atoms with Crippen molar-refractivity contribution < 1.29 is 0 Å². The summed E-state index contributed by atoms with van der Waals surface area (Å²) in [6.45, 7) is 4.56. The summed E-state index contributed by atoms with van der Waals surface area (Å²) in [6.07, 6.45) is 2.61. The van der Waals surface area contributed by atoms with E-state index >= 15 is 0 Å². The Bertz CT molecular complexity index is 345. The molecule has 0 aliphatic carbocycles. The Kier molecular flexibility index (Phi) is 3.06. The van der Waals surface area contributed by atoms with Crippen molar-refractivity contribution in [2.75, 3.05) is 23.7 Å². The molecule has 1 heterocycles. The molecule has 1 aliphatic heterocycles. The predicted molar refractivity (Wildman–Crippen MR) is 66.5 cm³/mol. The average Bonchev–Trinajstić information content (AvgIpc) is 2.16. The fourth-order valence-corrected chi connectivity index (χ4v) is 2.22. The maximum atomic E-state index is 5.88. The Labute approximate surface area is 96.0 Å². The lowest BCUT2D eigenvalue weighted by atomic mass is 9.94. The van der Waals surface area contributed by atoms with E-state index in [0.717, 1.165) is 19.0 Å². The molecule has 0 bridgehead atoms. The van der Waals surface area contributed by atoms with Crippen molar-refractivity contribution in [3.05, 3.63) is 23.2 Å². The second-order valence-corrected chi connectivity index (χ2v) is 4.67. The third-order valence-corrected chi connectivity index (χ3v) is 3.34.